The molecule has 0 spiro atoms. The van der Waals surface area contributed by atoms with Gasteiger partial charge < -0.3 is 9.47 Å². The number of allylic oxidation sites excluding steroid dienone is 4. The monoisotopic (exact) mass is 308 g/mol. The van der Waals surface area contributed by atoms with Crippen molar-refractivity contribution in [3.05, 3.63) is 23.3 Å². The number of carbonyl (C=O) groups is 4. The van der Waals surface area contributed by atoms with Crippen molar-refractivity contribution >= 4 is 23.5 Å². The molecule has 0 aromatic rings. The third kappa shape index (κ3) is 6.47. The minimum Gasteiger partial charge on any atom is -0.466 e. The molecule has 0 heterocycles. The van der Waals surface area contributed by atoms with E-state index in [-0.39, 0.29) is 36.7 Å². The summed E-state index contributed by atoms with van der Waals surface area (Å²) in [7, 11) is 0. The molecule has 0 aromatic carbocycles. The topological polar surface area (TPSA) is 86.7 Å². The Bertz CT molecular complexity index is 479. The van der Waals surface area contributed by atoms with Crippen LogP contribution in [-0.2, 0) is 28.7 Å². The highest BCUT2D eigenvalue weighted by Crippen LogP contribution is 2.19. The molecule has 0 saturated heterocycles. The maximum atomic E-state index is 11.9. The van der Waals surface area contributed by atoms with Gasteiger partial charge in [0.1, 0.15) is 0 Å². The summed E-state index contributed by atoms with van der Waals surface area (Å²) in [5.41, 5.74) is 0.863. The summed E-state index contributed by atoms with van der Waals surface area (Å²) in [6.07, 6.45) is 4.48. The minimum absolute atomic E-state index is 0.190. The Morgan fingerprint density at radius 1 is 0.818 bits per heavy atom. The fourth-order valence-corrected chi connectivity index (χ4v) is 1.99. The van der Waals surface area contributed by atoms with Gasteiger partial charge in [0.2, 0.25) is 0 Å². The summed E-state index contributed by atoms with van der Waals surface area (Å²) in [4.78, 5) is 45.1. The van der Waals surface area contributed by atoms with Gasteiger partial charge in [-0.2, -0.15) is 0 Å². The molecule has 1 aliphatic carbocycles. The van der Waals surface area contributed by atoms with Gasteiger partial charge in [-0.05, 0) is 37.8 Å². The predicted octanol–water partition coefficient (Wildman–Crippen LogP) is 1.68. The van der Waals surface area contributed by atoms with Crippen LogP contribution in [0.25, 0.3) is 0 Å². The first-order chi connectivity index (χ1) is 10.4. The number of hydrogen-bond donors (Lipinski definition) is 0. The highest BCUT2D eigenvalue weighted by atomic mass is 16.5. The molecule has 120 valence electrons. The zero-order chi connectivity index (χ0) is 16.5. The van der Waals surface area contributed by atoms with Gasteiger partial charge in [0.05, 0.1) is 13.2 Å². The van der Waals surface area contributed by atoms with E-state index in [1.807, 2.05) is 0 Å². The van der Waals surface area contributed by atoms with Gasteiger partial charge in [0.25, 0.3) is 0 Å². The Kier molecular flexibility index (Phi) is 7.22. The summed E-state index contributed by atoms with van der Waals surface area (Å²) < 4.78 is 9.56. The molecule has 0 amide bonds. The van der Waals surface area contributed by atoms with Crippen molar-refractivity contribution in [1.29, 1.82) is 0 Å². The minimum atomic E-state index is -0.366. The lowest BCUT2D eigenvalue weighted by Crippen LogP contribution is -2.14. The standard InChI is InChI=1S/C16H20O6/c1-11(17)21-7-3-5-13-9-16(20)14(10-15(13)19)6-4-8-22-12(2)18/h9-10H,3-8H2,1-2H3. The molecule has 6 heteroatoms. The van der Waals surface area contributed by atoms with Crippen LogP contribution in [0.3, 0.4) is 0 Å². The van der Waals surface area contributed by atoms with Crippen LogP contribution in [0.2, 0.25) is 0 Å². The average molecular weight is 308 g/mol. The van der Waals surface area contributed by atoms with Crippen LogP contribution in [0.4, 0.5) is 0 Å². The average Bonchev–Trinajstić information content (AvgIpc) is 2.43. The molecule has 0 saturated carbocycles. The lowest BCUT2D eigenvalue weighted by atomic mass is 9.92. The number of carbonyl (C=O) groups excluding carboxylic acids is 4. The van der Waals surface area contributed by atoms with Crippen LogP contribution < -0.4 is 0 Å². The van der Waals surface area contributed by atoms with Gasteiger partial charge in [-0.3, -0.25) is 19.2 Å². The first kappa shape index (κ1) is 17.8. The van der Waals surface area contributed by atoms with Crippen molar-refractivity contribution in [2.24, 2.45) is 0 Å². The van der Waals surface area contributed by atoms with E-state index in [2.05, 4.69) is 0 Å². The number of esters is 2. The van der Waals surface area contributed by atoms with Gasteiger partial charge in [-0.25, -0.2) is 0 Å². The summed E-state index contributed by atoms with van der Waals surface area (Å²) in [6, 6.07) is 0. The first-order valence-electron chi connectivity index (χ1n) is 7.16. The van der Waals surface area contributed by atoms with Crippen LogP contribution in [0, 0.1) is 0 Å². The molecule has 0 bridgehead atoms. The number of rotatable bonds is 8. The van der Waals surface area contributed by atoms with Crippen LogP contribution >= 0.6 is 0 Å². The molecule has 0 fully saturated rings. The van der Waals surface area contributed by atoms with E-state index in [0.29, 0.717) is 36.8 Å². The molecule has 0 aromatic heterocycles. The molecular formula is C16H20O6. The molecule has 0 radical (unpaired) electrons. The Morgan fingerprint density at radius 2 is 1.18 bits per heavy atom. The normalized spacial score (nSPS) is 14.3. The zero-order valence-electron chi connectivity index (χ0n) is 12.8. The molecule has 0 N–H and O–H groups in total. The molecular weight excluding hydrogens is 288 g/mol. The van der Waals surface area contributed by atoms with Gasteiger partial charge in [0, 0.05) is 25.0 Å². The van der Waals surface area contributed by atoms with Crippen LogP contribution in [0.1, 0.15) is 39.5 Å². The van der Waals surface area contributed by atoms with E-state index in [1.54, 1.807) is 0 Å². The van der Waals surface area contributed by atoms with E-state index in [9.17, 15) is 19.2 Å². The fourth-order valence-electron chi connectivity index (χ4n) is 1.99. The molecule has 1 aliphatic rings. The lowest BCUT2D eigenvalue weighted by Gasteiger charge is -2.12. The summed E-state index contributed by atoms with van der Waals surface area (Å²) in [5.74, 6) is -1.11. The van der Waals surface area contributed by atoms with Crippen molar-refractivity contribution in [1.82, 2.24) is 0 Å². The second kappa shape index (κ2) is 8.92. The summed E-state index contributed by atoms with van der Waals surface area (Å²) in [5, 5.41) is 0. The summed E-state index contributed by atoms with van der Waals surface area (Å²) in [6.45, 7) is 3.10. The van der Waals surface area contributed by atoms with Gasteiger partial charge in [0.15, 0.2) is 11.6 Å². The largest absolute Gasteiger partial charge is 0.466 e. The van der Waals surface area contributed by atoms with Crippen LogP contribution in [-0.4, -0.2) is 36.7 Å². The number of hydrogen-bond acceptors (Lipinski definition) is 6. The van der Waals surface area contributed by atoms with Crippen LogP contribution in [0.5, 0.6) is 0 Å². The number of ketones is 2. The van der Waals surface area contributed by atoms with E-state index >= 15 is 0 Å². The molecule has 22 heavy (non-hydrogen) atoms. The Balaban J connectivity index is 2.41. The van der Waals surface area contributed by atoms with Gasteiger partial charge >= 0.3 is 11.9 Å². The molecule has 0 atom stereocenters. The number of ether oxygens (including phenoxy) is 2. The third-order valence-electron chi connectivity index (χ3n) is 3.04. The van der Waals surface area contributed by atoms with Crippen molar-refractivity contribution < 1.29 is 28.7 Å². The molecule has 1 rings (SSSR count). The van der Waals surface area contributed by atoms with Crippen molar-refractivity contribution in [3.63, 3.8) is 0 Å². The smallest absolute Gasteiger partial charge is 0.302 e. The predicted molar refractivity (Wildman–Crippen MR) is 77.9 cm³/mol. The Morgan fingerprint density at radius 3 is 1.50 bits per heavy atom. The fraction of sp³-hybridized carbons (Fsp3) is 0.500. The maximum Gasteiger partial charge on any atom is 0.302 e. The Labute approximate surface area is 129 Å². The zero-order valence-corrected chi connectivity index (χ0v) is 12.8. The quantitative estimate of drug-likeness (QED) is 0.385. The second-order valence-corrected chi connectivity index (χ2v) is 4.95. The highest BCUT2D eigenvalue weighted by Gasteiger charge is 2.19. The molecule has 0 aliphatic heterocycles. The first-order valence-corrected chi connectivity index (χ1v) is 7.16. The highest BCUT2D eigenvalue weighted by molar-refractivity contribution is 6.19. The molecule has 6 nitrogen and oxygen atoms in total. The van der Waals surface area contributed by atoms with Crippen molar-refractivity contribution in [3.8, 4) is 0 Å². The van der Waals surface area contributed by atoms with Crippen molar-refractivity contribution in [2.75, 3.05) is 13.2 Å². The van der Waals surface area contributed by atoms with Gasteiger partial charge in [-0.1, -0.05) is 0 Å². The SMILES string of the molecule is CC(=O)OCCCC1=CC(=O)C(CCCOC(C)=O)=CC1=O. The van der Waals surface area contributed by atoms with Crippen LogP contribution in [0.15, 0.2) is 23.3 Å². The molecule has 0 unspecified atom stereocenters. The van der Waals surface area contributed by atoms with E-state index in [4.69, 9.17) is 9.47 Å². The van der Waals surface area contributed by atoms with E-state index < -0.39 is 0 Å². The van der Waals surface area contributed by atoms with Crippen molar-refractivity contribution in [2.45, 2.75) is 39.5 Å². The maximum absolute atomic E-state index is 11.9. The lowest BCUT2D eigenvalue weighted by molar-refractivity contribution is -0.142. The second-order valence-electron chi connectivity index (χ2n) is 4.95. The van der Waals surface area contributed by atoms with Gasteiger partial charge in [-0.15, -0.1) is 0 Å². The third-order valence-corrected chi connectivity index (χ3v) is 3.04. The summed E-state index contributed by atoms with van der Waals surface area (Å²) >= 11 is 0. The van der Waals surface area contributed by atoms with E-state index in [1.165, 1.54) is 26.0 Å². The van der Waals surface area contributed by atoms with E-state index in [0.717, 1.165) is 0 Å². The Hall–Kier alpha value is -2.24.